The number of rotatable bonds is 5. The molecule has 138 valence electrons. The van der Waals surface area contributed by atoms with Gasteiger partial charge in [-0.2, -0.15) is 4.98 Å². The Morgan fingerprint density at radius 3 is 2.74 bits per heavy atom. The molecule has 3 aromatic rings. The van der Waals surface area contributed by atoms with Crippen LogP contribution >= 0.6 is 0 Å². The molecule has 10 heteroatoms. The molecule has 0 bridgehead atoms. The SMILES string of the molecule is C=CC(=O)Nc1cccc(-n2c(=O)ccc3cnc(S(=O)(=O)NC)nc32)c1. The van der Waals surface area contributed by atoms with Crippen molar-refractivity contribution in [3.63, 3.8) is 0 Å². The predicted octanol–water partition coefficient (Wildman–Crippen LogP) is 0.813. The minimum absolute atomic E-state index is 0.124. The summed E-state index contributed by atoms with van der Waals surface area (Å²) in [6, 6.07) is 9.33. The van der Waals surface area contributed by atoms with Gasteiger partial charge in [0.2, 0.25) is 5.91 Å². The van der Waals surface area contributed by atoms with Crippen LogP contribution in [0.4, 0.5) is 5.69 Å². The van der Waals surface area contributed by atoms with E-state index >= 15 is 0 Å². The van der Waals surface area contributed by atoms with Gasteiger partial charge in [0, 0.05) is 23.3 Å². The zero-order valence-corrected chi connectivity index (χ0v) is 15.0. The normalized spacial score (nSPS) is 11.3. The highest BCUT2D eigenvalue weighted by atomic mass is 32.2. The lowest BCUT2D eigenvalue weighted by Crippen LogP contribution is -2.23. The Balaban J connectivity index is 2.25. The molecule has 1 aromatic carbocycles. The number of anilines is 1. The van der Waals surface area contributed by atoms with Gasteiger partial charge < -0.3 is 5.32 Å². The molecule has 1 amide bonds. The first-order chi connectivity index (χ1) is 12.9. The summed E-state index contributed by atoms with van der Waals surface area (Å²) in [7, 11) is -2.64. The van der Waals surface area contributed by atoms with Gasteiger partial charge in [-0.15, -0.1) is 0 Å². The molecule has 9 nitrogen and oxygen atoms in total. The van der Waals surface area contributed by atoms with Crippen LogP contribution in [-0.4, -0.2) is 35.9 Å². The number of sulfonamides is 1. The molecule has 0 aliphatic rings. The second kappa shape index (κ2) is 7.09. The van der Waals surface area contributed by atoms with Crippen molar-refractivity contribution in [3.05, 3.63) is 65.6 Å². The Kier molecular flexibility index (Phi) is 4.84. The maximum Gasteiger partial charge on any atom is 0.276 e. The van der Waals surface area contributed by atoms with E-state index in [9.17, 15) is 18.0 Å². The molecule has 27 heavy (non-hydrogen) atoms. The van der Waals surface area contributed by atoms with Crippen molar-refractivity contribution in [2.75, 3.05) is 12.4 Å². The van der Waals surface area contributed by atoms with E-state index < -0.39 is 26.6 Å². The van der Waals surface area contributed by atoms with Crippen LogP contribution in [0.5, 0.6) is 0 Å². The van der Waals surface area contributed by atoms with Crippen LogP contribution in [0.15, 0.2) is 65.2 Å². The number of pyridine rings is 1. The first-order valence-corrected chi connectivity index (χ1v) is 9.20. The standard InChI is InChI=1S/C17H15N5O4S/c1-3-14(23)20-12-5-4-6-13(9-12)22-15(24)8-7-11-10-19-17(21-16(11)22)27(25,26)18-2/h3-10,18H,1H2,2H3,(H,20,23). The molecule has 2 heterocycles. The second-order valence-electron chi connectivity index (χ2n) is 5.39. The van der Waals surface area contributed by atoms with Crippen LogP contribution in [0.1, 0.15) is 0 Å². The van der Waals surface area contributed by atoms with Crippen molar-refractivity contribution in [3.8, 4) is 5.69 Å². The van der Waals surface area contributed by atoms with Crippen LogP contribution in [0.25, 0.3) is 16.7 Å². The van der Waals surface area contributed by atoms with Gasteiger partial charge in [-0.1, -0.05) is 12.6 Å². The summed E-state index contributed by atoms with van der Waals surface area (Å²) in [6.45, 7) is 3.39. The molecule has 0 atom stereocenters. The first kappa shape index (κ1) is 18.4. The van der Waals surface area contributed by atoms with E-state index in [-0.39, 0.29) is 5.65 Å². The third-order valence-corrected chi connectivity index (χ3v) is 4.89. The molecular formula is C17H15N5O4S. The Morgan fingerprint density at radius 2 is 2.04 bits per heavy atom. The van der Waals surface area contributed by atoms with Gasteiger partial charge in [-0.05, 0) is 37.4 Å². The van der Waals surface area contributed by atoms with Crippen molar-refractivity contribution in [2.45, 2.75) is 5.16 Å². The van der Waals surface area contributed by atoms with Crippen LogP contribution in [0, 0.1) is 0 Å². The van der Waals surface area contributed by atoms with Gasteiger partial charge in [0.05, 0.1) is 5.69 Å². The Morgan fingerprint density at radius 1 is 1.26 bits per heavy atom. The summed E-state index contributed by atoms with van der Waals surface area (Å²) >= 11 is 0. The highest BCUT2D eigenvalue weighted by Gasteiger charge is 2.17. The minimum atomic E-state index is -3.88. The third-order valence-electron chi connectivity index (χ3n) is 3.68. The highest BCUT2D eigenvalue weighted by molar-refractivity contribution is 7.89. The smallest absolute Gasteiger partial charge is 0.276 e. The Labute approximate surface area is 154 Å². The van der Waals surface area contributed by atoms with E-state index in [1.807, 2.05) is 0 Å². The summed E-state index contributed by atoms with van der Waals surface area (Å²) < 4.78 is 27.4. The summed E-state index contributed by atoms with van der Waals surface area (Å²) in [6.07, 6.45) is 2.45. The van der Waals surface area contributed by atoms with Crippen molar-refractivity contribution in [1.29, 1.82) is 0 Å². The summed E-state index contributed by atoms with van der Waals surface area (Å²) in [5.74, 6) is -0.401. The zero-order valence-electron chi connectivity index (χ0n) is 14.2. The largest absolute Gasteiger partial charge is 0.322 e. The fraction of sp³-hybridized carbons (Fsp3) is 0.0588. The van der Waals surface area contributed by atoms with Gasteiger partial charge >= 0.3 is 0 Å². The third kappa shape index (κ3) is 3.61. The van der Waals surface area contributed by atoms with Crippen LogP contribution < -0.4 is 15.6 Å². The fourth-order valence-electron chi connectivity index (χ4n) is 2.39. The number of hydrogen-bond donors (Lipinski definition) is 2. The fourth-order valence-corrected chi connectivity index (χ4v) is 2.97. The van der Waals surface area contributed by atoms with Gasteiger partial charge in [0.15, 0.2) is 5.65 Å². The molecule has 3 rings (SSSR count). The van der Waals surface area contributed by atoms with Crippen LogP contribution in [0.2, 0.25) is 0 Å². The lowest BCUT2D eigenvalue weighted by Gasteiger charge is -2.11. The molecule has 0 aliphatic carbocycles. The Hall–Kier alpha value is -3.37. The second-order valence-corrected chi connectivity index (χ2v) is 7.17. The van der Waals surface area contributed by atoms with E-state index in [0.717, 1.165) is 6.08 Å². The molecule has 0 aliphatic heterocycles. The maximum absolute atomic E-state index is 12.5. The monoisotopic (exact) mass is 385 g/mol. The predicted molar refractivity (Wildman–Crippen MR) is 100 cm³/mol. The van der Waals surface area contributed by atoms with E-state index in [0.29, 0.717) is 16.8 Å². The molecule has 2 N–H and O–H groups in total. The molecule has 0 spiro atoms. The minimum Gasteiger partial charge on any atom is -0.322 e. The van der Waals surface area contributed by atoms with Crippen molar-refractivity contribution >= 4 is 32.7 Å². The lowest BCUT2D eigenvalue weighted by molar-refractivity contribution is -0.111. The first-order valence-electron chi connectivity index (χ1n) is 7.72. The van der Waals surface area contributed by atoms with Crippen LogP contribution in [-0.2, 0) is 14.8 Å². The van der Waals surface area contributed by atoms with E-state index in [4.69, 9.17) is 0 Å². The number of carbonyl (C=O) groups excluding carboxylic acids is 1. The topological polar surface area (TPSA) is 123 Å². The van der Waals surface area contributed by atoms with Gasteiger partial charge in [0.25, 0.3) is 20.7 Å². The van der Waals surface area contributed by atoms with Crippen LogP contribution in [0.3, 0.4) is 0 Å². The van der Waals surface area contributed by atoms with Crippen molar-refractivity contribution in [1.82, 2.24) is 19.3 Å². The van der Waals surface area contributed by atoms with Gasteiger partial charge in [-0.25, -0.2) is 18.1 Å². The van der Waals surface area contributed by atoms with Gasteiger partial charge in [-0.3, -0.25) is 14.2 Å². The van der Waals surface area contributed by atoms with Crippen molar-refractivity contribution in [2.24, 2.45) is 0 Å². The number of nitrogens with one attached hydrogen (secondary N) is 2. The number of carbonyl (C=O) groups is 1. The molecule has 0 fully saturated rings. The van der Waals surface area contributed by atoms with Crippen molar-refractivity contribution < 1.29 is 13.2 Å². The summed E-state index contributed by atoms with van der Waals surface area (Å²) in [5, 5.41) is 2.63. The number of nitrogens with zero attached hydrogens (tertiary/aromatic N) is 3. The number of hydrogen-bond acceptors (Lipinski definition) is 6. The molecule has 0 saturated carbocycles. The van der Waals surface area contributed by atoms with E-state index in [1.165, 1.54) is 29.9 Å². The molecule has 2 aromatic heterocycles. The molecule has 0 unspecified atom stereocenters. The molecule has 0 radical (unpaired) electrons. The zero-order chi connectivity index (χ0) is 19.6. The molecular weight excluding hydrogens is 370 g/mol. The quantitative estimate of drug-likeness (QED) is 0.495. The number of amides is 1. The number of benzene rings is 1. The summed E-state index contributed by atoms with van der Waals surface area (Å²) in [5.41, 5.74) is 0.553. The Bertz CT molecular complexity index is 1220. The van der Waals surface area contributed by atoms with E-state index in [1.54, 1.807) is 24.3 Å². The maximum atomic E-state index is 12.5. The summed E-state index contributed by atoms with van der Waals surface area (Å²) in [4.78, 5) is 31.9. The lowest BCUT2D eigenvalue weighted by atomic mass is 10.2. The highest BCUT2D eigenvalue weighted by Crippen LogP contribution is 2.18. The number of fused-ring (bicyclic) bond motifs is 1. The van der Waals surface area contributed by atoms with E-state index in [2.05, 4.69) is 26.6 Å². The average molecular weight is 385 g/mol. The average Bonchev–Trinajstić information content (AvgIpc) is 2.67. The van der Waals surface area contributed by atoms with Gasteiger partial charge in [0.1, 0.15) is 0 Å². The number of aromatic nitrogens is 3. The molecule has 0 saturated heterocycles.